The van der Waals surface area contributed by atoms with Crippen LogP contribution >= 0.6 is 11.8 Å². The molecule has 0 radical (unpaired) electrons. The molecule has 0 spiro atoms. The van der Waals surface area contributed by atoms with Crippen LogP contribution in [0.2, 0.25) is 0 Å². The third-order valence-corrected chi connectivity index (χ3v) is 5.18. The summed E-state index contributed by atoms with van der Waals surface area (Å²) in [4.78, 5) is 21.2. The van der Waals surface area contributed by atoms with E-state index in [9.17, 15) is 9.18 Å². The topological polar surface area (TPSA) is 49.0 Å². The van der Waals surface area contributed by atoms with Crippen molar-refractivity contribution < 1.29 is 4.39 Å². The number of para-hydroxylation sites is 1. The number of H-pyrrole nitrogens is 1. The van der Waals surface area contributed by atoms with E-state index in [1.54, 1.807) is 17.8 Å². The van der Waals surface area contributed by atoms with Crippen molar-refractivity contribution in [2.24, 2.45) is 0 Å². The van der Waals surface area contributed by atoms with Crippen molar-refractivity contribution in [3.8, 4) is 0 Å². The largest absolute Gasteiger partial charge is 0.309 e. The molecule has 0 aliphatic carbocycles. The second kappa shape index (κ2) is 6.15. The second-order valence-corrected chi connectivity index (χ2v) is 6.67. The molecule has 4 nitrogen and oxygen atoms in total. The van der Waals surface area contributed by atoms with Crippen molar-refractivity contribution in [2.45, 2.75) is 23.6 Å². The van der Waals surface area contributed by atoms with Crippen LogP contribution in [0.3, 0.4) is 0 Å². The molecule has 2 aromatic rings. The van der Waals surface area contributed by atoms with Gasteiger partial charge in [0.25, 0.3) is 5.56 Å². The van der Waals surface area contributed by atoms with Crippen molar-refractivity contribution >= 4 is 22.7 Å². The van der Waals surface area contributed by atoms with Crippen LogP contribution in [0.1, 0.15) is 12.2 Å². The molecular weight excluding hydrogens is 289 g/mol. The summed E-state index contributed by atoms with van der Waals surface area (Å²) >= 11 is 1.54. The monoisotopic (exact) mass is 307 g/mol. The summed E-state index contributed by atoms with van der Waals surface area (Å²) in [7, 11) is 1.94. The quantitative estimate of drug-likeness (QED) is 0.944. The average Bonchev–Trinajstić information content (AvgIpc) is 2.46. The van der Waals surface area contributed by atoms with Gasteiger partial charge in [-0.3, -0.25) is 4.79 Å². The van der Waals surface area contributed by atoms with Gasteiger partial charge >= 0.3 is 0 Å². The highest BCUT2D eigenvalue weighted by molar-refractivity contribution is 7.99. The van der Waals surface area contributed by atoms with Crippen LogP contribution in [0.15, 0.2) is 29.1 Å². The summed E-state index contributed by atoms with van der Waals surface area (Å²) in [6.07, 6.45) is 0.0149. The smallest absolute Gasteiger partial charge is 0.258 e. The molecule has 1 N–H and O–H groups in total. The van der Waals surface area contributed by atoms with E-state index in [2.05, 4.69) is 9.97 Å². The molecule has 3 rings (SSSR count). The van der Waals surface area contributed by atoms with E-state index in [4.69, 9.17) is 0 Å². The summed E-state index contributed by atoms with van der Waals surface area (Å²) in [5.74, 6) is 1.16. The van der Waals surface area contributed by atoms with Crippen LogP contribution < -0.4 is 5.56 Å². The van der Waals surface area contributed by atoms with E-state index in [-0.39, 0.29) is 10.8 Å². The Kier molecular flexibility index (Phi) is 4.26. The van der Waals surface area contributed by atoms with E-state index < -0.39 is 6.17 Å². The molecule has 0 bridgehead atoms. The predicted molar refractivity (Wildman–Crippen MR) is 84.5 cm³/mol. The zero-order chi connectivity index (χ0) is 14.8. The normalized spacial score (nSPS) is 23.5. The number of nitrogens with one attached hydrogen (secondary N) is 1. The first-order chi connectivity index (χ1) is 10.1. The Morgan fingerprint density at radius 2 is 2.29 bits per heavy atom. The molecular formula is C15H18FN3OS. The zero-order valence-corrected chi connectivity index (χ0v) is 12.7. The first-order valence-electron chi connectivity index (χ1n) is 7.05. The van der Waals surface area contributed by atoms with E-state index in [1.807, 2.05) is 30.1 Å². The lowest BCUT2D eigenvalue weighted by molar-refractivity contribution is 0.170. The SMILES string of the molecule is CN1CC[C@@H](SCc2nc3ccccc3c(=O)[nH]2)[C@H](F)C1. The third kappa shape index (κ3) is 3.27. The fourth-order valence-electron chi connectivity index (χ4n) is 2.61. The number of aromatic nitrogens is 2. The molecule has 0 saturated carbocycles. The van der Waals surface area contributed by atoms with E-state index >= 15 is 0 Å². The zero-order valence-electron chi connectivity index (χ0n) is 11.9. The second-order valence-electron chi connectivity index (χ2n) is 5.45. The average molecular weight is 307 g/mol. The van der Waals surface area contributed by atoms with Gasteiger partial charge in [0.2, 0.25) is 0 Å². The summed E-state index contributed by atoms with van der Waals surface area (Å²) < 4.78 is 14.0. The number of hydrogen-bond acceptors (Lipinski definition) is 4. The maximum Gasteiger partial charge on any atom is 0.258 e. The molecule has 1 aromatic heterocycles. The van der Waals surface area contributed by atoms with E-state index in [0.29, 0.717) is 29.0 Å². The Hall–Kier alpha value is -1.40. The molecule has 2 atom stereocenters. The molecule has 6 heteroatoms. The van der Waals surface area contributed by atoms with Crippen LogP contribution in [0.5, 0.6) is 0 Å². The lowest BCUT2D eigenvalue weighted by Gasteiger charge is -2.31. The highest BCUT2D eigenvalue weighted by Crippen LogP contribution is 2.27. The van der Waals surface area contributed by atoms with Gasteiger partial charge in [-0.1, -0.05) is 12.1 Å². The molecule has 0 unspecified atom stereocenters. The predicted octanol–water partition coefficient (Wildman–Crippen LogP) is 2.20. The summed E-state index contributed by atoms with van der Waals surface area (Å²) in [5.41, 5.74) is 0.563. The maximum atomic E-state index is 14.0. The fourth-order valence-corrected chi connectivity index (χ4v) is 3.69. The molecule has 1 aliphatic rings. The number of piperidine rings is 1. The van der Waals surface area contributed by atoms with Gasteiger partial charge in [0.05, 0.1) is 16.7 Å². The van der Waals surface area contributed by atoms with Crippen molar-refractivity contribution in [3.63, 3.8) is 0 Å². The van der Waals surface area contributed by atoms with E-state index in [0.717, 1.165) is 13.0 Å². The number of hydrogen-bond donors (Lipinski definition) is 1. The Morgan fingerprint density at radius 1 is 1.48 bits per heavy atom. The van der Waals surface area contributed by atoms with Crippen LogP contribution in [0.4, 0.5) is 4.39 Å². The minimum absolute atomic E-state index is 0.0158. The third-order valence-electron chi connectivity index (χ3n) is 3.78. The van der Waals surface area contributed by atoms with Gasteiger partial charge < -0.3 is 9.88 Å². The van der Waals surface area contributed by atoms with Crippen molar-refractivity contribution in [3.05, 3.63) is 40.4 Å². The number of nitrogens with zero attached hydrogens (tertiary/aromatic N) is 2. The van der Waals surface area contributed by atoms with Crippen molar-refractivity contribution in [1.82, 2.24) is 14.9 Å². The standard InChI is InChI=1S/C15H18FN3OS/c1-19-7-6-13(11(16)8-19)21-9-14-17-12-5-3-2-4-10(12)15(20)18-14/h2-5,11,13H,6-9H2,1H3,(H,17,18,20)/t11-,13-/m1/s1. The number of benzene rings is 1. The van der Waals surface area contributed by atoms with Crippen LogP contribution in [-0.4, -0.2) is 46.4 Å². The molecule has 1 aromatic carbocycles. The van der Waals surface area contributed by atoms with Gasteiger partial charge in [0.15, 0.2) is 0 Å². The molecule has 2 heterocycles. The molecule has 21 heavy (non-hydrogen) atoms. The number of rotatable bonds is 3. The molecule has 1 fully saturated rings. The number of halogens is 1. The number of fused-ring (bicyclic) bond motifs is 1. The first kappa shape index (κ1) is 14.5. The minimum atomic E-state index is -0.819. The van der Waals surface area contributed by atoms with Crippen LogP contribution in [-0.2, 0) is 5.75 Å². The van der Waals surface area contributed by atoms with Crippen molar-refractivity contribution in [2.75, 3.05) is 20.1 Å². The molecule has 112 valence electrons. The number of likely N-dealkylation sites (tertiary alicyclic amines) is 1. The molecule has 1 saturated heterocycles. The van der Waals surface area contributed by atoms with Gasteiger partial charge in [0.1, 0.15) is 12.0 Å². The summed E-state index contributed by atoms with van der Waals surface area (Å²) in [5, 5.41) is 0.576. The summed E-state index contributed by atoms with van der Waals surface area (Å²) in [6, 6.07) is 7.26. The Balaban J connectivity index is 1.72. The number of aromatic amines is 1. The van der Waals surface area contributed by atoms with Crippen LogP contribution in [0.25, 0.3) is 10.9 Å². The van der Waals surface area contributed by atoms with Gasteiger partial charge in [-0.25, -0.2) is 9.37 Å². The van der Waals surface area contributed by atoms with Crippen molar-refractivity contribution in [1.29, 1.82) is 0 Å². The Labute approximate surface area is 126 Å². The summed E-state index contributed by atoms with van der Waals surface area (Å²) in [6.45, 7) is 1.40. The number of thioether (sulfide) groups is 1. The van der Waals surface area contributed by atoms with Crippen LogP contribution in [0, 0.1) is 0 Å². The van der Waals surface area contributed by atoms with Gasteiger partial charge in [-0.2, -0.15) is 0 Å². The first-order valence-corrected chi connectivity index (χ1v) is 8.10. The van der Waals surface area contributed by atoms with Gasteiger partial charge in [-0.15, -0.1) is 11.8 Å². The molecule has 1 aliphatic heterocycles. The number of alkyl halides is 1. The lowest BCUT2D eigenvalue weighted by atomic mass is 10.1. The van der Waals surface area contributed by atoms with E-state index in [1.165, 1.54) is 0 Å². The Bertz CT molecular complexity index is 690. The lowest BCUT2D eigenvalue weighted by Crippen LogP contribution is -2.41. The molecule has 0 amide bonds. The van der Waals surface area contributed by atoms with Gasteiger partial charge in [0, 0.05) is 11.8 Å². The highest BCUT2D eigenvalue weighted by Gasteiger charge is 2.27. The minimum Gasteiger partial charge on any atom is -0.309 e. The van der Waals surface area contributed by atoms with Gasteiger partial charge in [-0.05, 0) is 32.1 Å². The highest BCUT2D eigenvalue weighted by atomic mass is 32.2. The maximum absolute atomic E-state index is 14.0. The Morgan fingerprint density at radius 3 is 3.10 bits per heavy atom. The fraction of sp³-hybridized carbons (Fsp3) is 0.467.